The summed E-state index contributed by atoms with van der Waals surface area (Å²) in [5.74, 6) is 0.101. The number of nitrogens with one attached hydrogen (secondary N) is 2. The van der Waals surface area contributed by atoms with Crippen molar-refractivity contribution in [3.8, 4) is 0 Å². The molecular formula is C25H30N4OS. The molecule has 0 aliphatic rings. The minimum absolute atomic E-state index is 0.101. The molecule has 0 saturated carbocycles. The van der Waals surface area contributed by atoms with E-state index in [1.807, 2.05) is 23.6 Å². The first kappa shape index (κ1) is 21.5. The Morgan fingerprint density at radius 2 is 2.10 bits per heavy atom. The van der Waals surface area contributed by atoms with Crippen molar-refractivity contribution in [2.75, 3.05) is 18.9 Å². The lowest BCUT2D eigenvalue weighted by atomic mass is 10.1. The molecule has 0 unspecified atom stereocenters. The van der Waals surface area contributed by atoms with E-state index in [1.54, 1.807) is 0 Å². The topological polar surface area (TPSA) is 61.0 Å². The third kappa shape index (κ3) is 5.14. The number of anilines is 1. The average molecular weight is 435 g/mol. The van der Waals surface area contributed by atoms with Gasteiger partial charge in [-0.3, -0.25) is 9.89 Å². The van der Waals surface area contributed by atoms with Crippen LogP contribution in [-0.2, 0) is 17.8 Å². The van der Waals surface area contributed by atoms with Crippen LogP contribution in [0.25, 0.3) is 21.0 Å². The fourth-order valence-corrected chi connectivity index (χ4v) is 5.10. The first-order valence-corrected chi connectivity index (χ1v) is 11.8. The minimum atomic E-state index is 0.101. The summed E-state index contributed by atoms with van der Waals surface area (Å²) in [5, 5.41) is 12.6. The van der Waals surface area contributed by atoms with Crippen LogP contribution in [0.15, 0.2) is 42.6 Å². The number of rotatable bonds is 9. The third-order valence-corrected chi connectivity index (χ3v) is 6.86. The number of carbonyl (C=O) groups is 1. The van der Waals surface area contributed by atoms with Gasteiger partial charge in [-0.25, -0.2) is 0 Å². The van der Waals surface area contributed by atoms with E-state index in [0.29, 0.717) is 6.42 Å². The fourth-order valence-electron chi connectivity index (χ4n) is 4.00. The molecular weight excluding hydrogens is 404 g/mol. The van der Waals surface area contributed by atoms with Crippen molar-refractivity contribution < 1.29 is 4.79 Å². The molecule has 0 bridgehead atoms. The predicted molar refractivity (Wildman–Crippen MR) is 131 cm³/mol. The van der Waals surface area contributed by atoms with Crippen LogP contribution in [0.2, 0.25) is 0 Å². The summed E-state index contributed by atoms with van der Waals surface area (Å²) in [6.07, 6.45) is 5.40. The predicted octanol–water partition coefficient (Wildman–Crippen LogP) is 5.89. The molecule has 0 radical (unpaired) electrons. The number of likely N-dealkylation sites (N-methyl/N-ethyl adjacent to an activating group) is 1. The van der Waals surface area contributed by atoms with Crippen molar-refractivity contribution in [3.63, 3.8) is 0 Å². The second-order valence-corrected chi connectivity index (χ2v) is 9.54. The largest absolute Gasteiger partial charge is 0.326 e. The van der Waals surface area contributed by atoms with Crippen molar-refractivity contribution in [2.24, 2.45) is 0 Å². The second kappa shape index (κ2) is 9.62. The highest BCUT2D eigenvalue weighted by Gasteiger charge is 2.12. The van der Waals surface area contributed by atoms with Gasteiger partial charge in [-0.2, -0.15) is 5.10 Å². The summed E-state index contributed by atoms with van der Waals surface area (Å²) in [7, 11) is 2.17. The van der Waals surface area contributed by atoms with E-state index in [1.165, 1.54) is 26.1 Å². The van der Waals surface area contributed by atoms with Crippen LogP contribution in [0.4, 0.5) is 5.69 Å². The number of hydrogen-bond acceptors (Lipinski definition) is 4. The molecule has 31 heavy (non-hydrogen) atoms. The molecule has 4 aromatic rings. The Labute approximate surface area is 187 Å². The van der Waals surface area contributed by atoms with Crippen molar-refractivity contribution in [1.82, 2.24) is 15.1 Å². The smallest absolute Gasteiger partial charge is 0.224 e. The number of fused-ring (bicyclic) bond motifs is 2. The zero-order valence-corrected chi connectivity index (χ0v) is 19.3. The van der Waals surface area contributed by atoms with Gasteiger partial charge in [0.25, 0.3) is 0 Å². The van der Waals surface area contributed by atoms with Crippen LogP contribution >= 0.6 is 11.3 Å². The van der Waals surface area contributed by atoms with Gasteiger partial charge < -0.3 is 10.2 Å². The molecule has 5 nitrogen and oxygen atoms in total. The van der Waals surface area contributed by atoms with Crippen molar-refractivity contribution in [1.29, 1.82) is 0 Å². The van der Waals surface area contributed by atoms with E-state index in [9.17, 15) is 4.79 Å². The molecule has 2 aromatic heterocycles. The summed E-state index contributed by atoms with van der Waals surface area (Å²) in [5.41, 5.74) is 4.65. The number of aryl methyl sites for hydroxylation is 1. The van der Waals surface area contributed by atoms with Gasteiger partial charge in [-0.15, -0.1) is 11.3 Å². The third-order valence-electron chi connectivity index (χ3n) is 5.73. The van der Waals surface area contributed by atoms with Gasteiger partial charge in [0, 0.05) is 40.2 Å². The molecule has 0 saturated heterocycles. The molecule has 4 rings (SSSR count). The number of amides is 1. The van der Waals surface area contributed by atoms with Gasteiger partial charge in [0.15, 0.2) is 0 Å². The lowest BCUT2D eigenvalue weighted by Gasteiger charge is -2.17. The number of H-pyrrole nitrogens is 1. The Balaban J connectivity index is 1.43. The number of benzene rings is 2. The molecule has 0 atom stereocenters. The van der Waals surface area contributed by atoms with Gasteiger partial charge in [-0.1, -0.05) is 19.4 Å². The Bertz CT molecular complexity index is 1190. The molecule has 6 heteroatoms. The number of aromatic nitrogens is 2. The number of nitrogens with zero attached hydrogens (tertiary/aromatic N) is 2. The lowest BCUT2D eigenvalue weighted by molar-refractivity contribution is -0.116. The van der Waals surface area contributed by atoms with Crippen molar-refractivity contribution in [3.05, 3.63) is 58.6 Å². The Morgan fingerprint density at radius 1 is 1.23 bits per heavy atom. The molecule has 0 spiro atoms. The summed E-state index contributed by atoms with van der Waals surface area (Å²) in [6.45, 7) is 6.18. The van der Waals surface area contributed by atoms with E-state index in [0.717, 1.165) is 48.9 Å². The number of hydrogen-bond donors (Lipinski definition) is 2. The quantitative estimate of drug-likeness (QED) is 0.345. The van der Waals surface area contributed by atoms with E-state index in [4.69, 9.17) is 0 Å². The second-order valence-electron chi connectivity index (χ2n) is 8.28. The van der Waals surface area contributed by atoms with Crippen molar-refractivity contribution >= 4 is 43.9 Å². The van der Waals surface area contributed by atoms with Gasteiger partial charge in [0.2, 0.25) is 5.91 Å². The monoisotopic (exact) mass is 434 g/mol. The van der Waals surface area contributed by atoms with Crippen LogP contribution in [0.5, 0.6) is 0 Å². The Morgan fingerprint density at radius 3 is 2.94 bits per heavy atom. The molecule has 0 aliphatic heterocycles. The van der Waals surface area contributed by atoms with Crippen molar-refractivity contribution in [2.45, 2.75) is 46.1 Å². The Hall–Kier alpha value is -2.70. The normalized spacial score (nSPS) is 11.6. The summed E-state index contributed by atoms with van der Waals surface area (Å²) in [6, 6.07) is 12.8. The maximum Gasteiger partial charge on any atom is 0.224 e. The number of thiophene rings is 1. The number of unbranched alkanes of at least 4 members (excludes halogenated alkanes) is 1. The number of carbonyl (C=O) groups excluding carboxylic acids is 1. The van der Waals surface area contributed by atoms with Gasteiger partial charge >= 0.3 is 0 Å². The Kier molecular flexibility index (Phi) is 6.68. The maximum absolute atomic E-state index is 12.1. The highest BCUT2D eigenvalue weighted by molar-refractivity contribution is 7.19. The van der Waals surface area contributed by atoms with Crippen LogP contribution < -0.4 is 5.32 Å². The lowest BCUT2D eigenvalue weighted by Crippen LogP contribution is -2.20. The zero-order chi connectivity index (χ0) is 21.8. The molecule has 162 valence electrons. The molecule has 2 aromatic carbocycles. The van der Waals surface area contributed by atoms with E-state index in [2.05, 4.69) is 71.6 Å². The van der Waals surface area contributed by atoms with Gasteiger partial charge in [0.05, 0.1) is 11.7 Å². The average Bonchev–Trinajstić information content (AvgIpc) is 3.33. The highest BCUT2D eigenvalue weighted by atomic mass is 32.1. The van der Waals surface area contributed by atoms with Gasteiger partial charge in [-0.05, 0) is 73.7 Å². The number of aromatic amines is 1. The van der Waals surface area contributed by atoms with E-state index >= 15 is 0 Å². The molecule has 0 fully saturated rings. The first-order chi connectivity index (χ1) is 15.0. The first-order valence-electron chi connectivity index (χ1n) is 11.0. The summed E-state index contributed by atoms with van der Waals surface area (Å²) < 4.78 is 1.28. The van der Waals surface area contributed by atoms with Gasteiger partial charge in [0.1, 0.15) is 0 Å². The molecule has 2 N–H and O–H groups in total. The minimum Gasteiger partial charge on any atom is -0.326 e. The molecule has 2 heterocycles. The van der Waals surface area contributed by atoms with Crippen LogP contribution in [0.1, 0.15) is 42.2 Å². The van der Waals surface area contributed by atoms with E-state index < -0.39 is 0 Å². The van der Waals surface area contributed by atoms with Crippen LogP contribution in [-0.4, -0.2) is 34.6 Å². The van der Waals surface area contributed by atoms with Crippen LogP contribution in [0, 0.1) is 6.92 Å². The maximum atomic E-state index is 12.1. The molecule has 1 amide bonds. The SMILES string of the molecule is CCCCC(=O)Nc1ccc2sc(C)c(CCN(C)Cc3ccc4[nH]ncc4c3)c2c1. The van der Waals surface area contributed by atoms with Crippen LogP contribution in [0.3, 0.4) is 0 Å². The zero-order valence-electron chi connectivity index (χ0n) is 18.5. The standard InChI is InChI=1S/C25H30N4OS/c1-4-5-6-25(30)27-20-8-10-24-22(14-20)21(17(2)31-24)11-12-29(3)16-18-7-9-23-19(13-18)15-26-28-23/h7-10,13-15H,4-6,11-12,16H2,1-3H3,(H,26,28)(H,27,30). The molecule has 0 aliphatic carbocycles. The summed E-state index contributed by atoms with van der Waals surface area (Å²) in [4.78, 5) is 15.9. The van der Waals surface area contributed by atoms with E-state index in [-0.39, 0.29) is 5.91 Å². The fraction of sp³-hybridized carbons (Fsp3) is 0.360. The highest BCUT2D eigenvalue weighted by Crippen LogP contribution is 2.33. The summed E-state index contributed by atoms with van der Waals surface area (Å²) >= 11 is 1.84.